The van der Waals surface area contributed by atoms with E-state index in [1.807, 2.05) is 0 Å². The third-order valence-corrected chi connectivity index (χ3v) is 7.85. The molecule has 0 aliphatic carbocycles. The summed E-state index contributed by atoms with van der Waals surface area (Å²) in [5.41, 5.74) is -1.28. The highest BCUT2D eigenvalue weighted by molar-refractivity contribution is 7.89. The minimum absolute atomic E-state index is 0.0275. The van der Waals surface area contributed by atoms with Crippen molar-refractivity contribution in [2.45, 2.75) is 68.3 Å². The molecule has 1 aromatic rings. The standard InChI is InChI=1S/C24H37N3O9S/c1-23(2,3)36-22(31)27(17-13-24(35-15-17)8-10-26(11-9-24)21(29)30)14-18(28)16-34-19-6-5-7-20(12-19)37(32,33)25-4/h5-7,12,17-18,25,28H,8-11,13-16H2,1-4H3,(H,29,30). The number of benzene rings is 1. The molecule has 0 radical (unpaired) electrons. The number of carboxylic acid groups (broad SMARTS) is 1. The molecule has 3 N–H and O–H groups in total. The molecule has 0 saturated carbocycles. The molecule has 0 aromatic heterocycles. The molecule has 208 valence electrons. The van der Waals surface area contributed by atoms with E-state index in [2.05, 4.69) is 4.72 Å². The topological polar surface area (TPSA) is 155 Å². The van der Waals surface area contributed by atoms with E-state index in [1.54, 1.807) is 26.8 Å². The van der Waals surface area contributed by atoms with Crippen molar-refractivity contribution in [2.75, 3.05) is 39.9 Å². The van der Waals surface area contributed by atoms with Gasteiger partial charge in [0.2, 0.25) is 10.0 Å². The maximum atomic E-state index is 13.1. The second-order valence-electron chi connectivity index (χ2n) is 10.4. The minimum Gasteiger partial charge on any atom is -0.491 e. The smallest absolute Gasteiger partial charge is 0.410 e. The molecule has 2 aliphatic heterocycles. The van der Waals surface area contributed by atoms with Gasteiger partial charge in [-0.05, 0) is 59.2 Å². The first kappa shape index (κ1) is 29.0. The van der Waals surface area contributed by atoms with Gasteiger partial charge in [0.15, 0.2) is 0 Å². The molecule has 2 aliphatic rings. The van der Waals surface area contributed by atoms with Crippen LogP contribution in [0.2, 0.25) is 0 Å². The molecule has 37 heavy (non-hydrogen) atoms. The van der Waals surface area contributed by atoms with Crippen LogP contribution in [0, 0.1) is 0 Å². The molecule has 1 aromatic carbocycles. The normalized spacial score (nSPS) is 20.5. The molecule has 12 nitrogen and oxygen atoms in total. The fourth-order valence-electron chi connectivity index (χ4n) is 4.49. The van der Waals surface area contributed by atoms with Crippen molar-refractivity contribution in [1.82, 2.24) is 14.5 Å². The zero-order chi connectivity index (χ0) is 27.4. The van der Waals surface area contributed by atoms with Gasteiger partial charge in [-0.3, -0.25) is 0 Å². The van der Waals surface area contributed by atoms with Gasteiger partial charge in [-0.1, -0.05) is 6.07 Å². The second-order valence-corrected chi connectivity index (χ2v) is 12.3. The number of rotatable bonds is 8. The SMILES string of the molecule is CNS(=O)(=O)c1cccc(OCC(O)CN(C(=O)OC(C)(C)C)C2COC3(CCN(C(=O)O)CC3)C2)c1. The summed E-state index contributed by atoms with van der Waals surface area (Å²) < 4.78 is 43.6. The predicted molar refractivity (Wildman–Crippen MR) is 133 cm³/mol. The number of likely N-dealkylation sites (tertiary alicyclic amines) is 1. The Bertz CT molecular complexity index is 1070. The highest BCUT2D eigenvalue weighted by Crippen LogP contribution is 2.38. The Labute approximate surface area is 217 Å². The summed E-state index contributed by atoms with van der Waals surface area (Å²) >= 11 is 0. The Morgan fingerprint density at radius 2 is 1.97 bits per heavy atom. The molecule has 2 fully saturated rings. The lowest BCUT2D eigenvalue weighted by atomic mass is 9.87. The monoisotopic (exact) mass is 543 g/mol. The second kappa shape index (κ2) is 11.4. The fraction of sp³-hybridized carbons (Fsp3) is 0.667. The van der Waals surface area contributed by atoms with Crippen LogP contribution in [0.15, 0.2) is 29.2 Å². The molecule has 2 unspecified atom stereocenters. The first-order chi connectivity index (χ1) is 17.2. The van der Waals surface area contributed by atoms with Crippen molar-refractivity contribution in [2.24, 2.45) is 0 Å². The molecule has 2 saturated heterocycles. The Morgan fingerprint density at radius 1 is 1.30 bits per heavy atom. The van der Waals surface area contributed by atoms with Crippen LogP contribution in [0.5, 0.6) is 5.75 Å². The molecule has 2 heterocycles. The Kier molecular flexibility index (Phi) is 8.93. The van der Waals surface area contributed by atoms with Crippen molar-refractivity contribution in [3.63, 3.8) is 0 Å². The summed E-state index contributed by atoms with van der Waals surface area (Å²) in [4.78, 5) is 27.2. The van der Waals surface area contributed by atoms with E-state index in [-0.39, 0.29) is 36.4 Å². The number of hydrogen-bond donors (Lipinski definition) is 3. The van der Waals surface area contributed by atoms with Gasteiger partial charge in [0.25, 0.3) is 0 Å². The molecular formula is C24H37N3O9S. The third-order valence-electron chi connectivity index (χ3n) is 6.44. The number of hydrogen-bond acceptors (Lipinski definition) is 8. The highest BCUT2D eigenvalue weighted by atomic mass is 32.2. The van der Waals surface area contributed by atoms with E-state index in [4.69, 9.17) is 14.2 Å². The van der Waals surface area contributed by atoms with Gasteiger partial charge >= 0.3 is 12.2 Å². The molecule has 13 heteroatoms. The van der Waals surface area contributed by atoms with Crippen LogP contribution in [-0.2, 0) is 19.5 Å². The maximum absolute atomic E-state index is 13.1. The first-order valence-corrected chi connectivity index (χ1v) is 13.7. The van der Waals surface area contributed by atoms with Crippen LogP contribution in [-0.4, -0.2) is 104 Å². The van der Waals surface area contributed by atoms with Crippen LogP contribution in [0.3, 0.4) is 0 Å². The zero-order valence-electron chi connectivity index (χ0n) is 21.7. The quantitative estimate of drug-likeness (QED) is 0.446. The highest BCUT2D eigenvalue weighted by Gasteiger charge is 2.47. The van der Waals surface area contributed by atoms with E-state index in [9.17, 15) is 28.2 Å². The average molecular weight is 544 g/mol. The molecule has 2 atom stereocenters. The fourth-order valence-corrected chi connectivity index (χ4v) is 5.25. The summed E-state index contributed by atoms with van der Waals surface area (Å²) in [7, 11) is -2.34. The number of aliphatic hydroxyl groups is 1. The van der Waals surface area contributed by atoms with Gasteiger partial charge in [-0.2, -0.15) is 0 Å². The summed E-state index contributed by atoms with van der Waals surface area (Å²) in [5.74, 6) is 0.257. The zero-order valence-corrected chi connectivity index (χ0v) is 22.5. The number of carbonyl (C=O) groups excluding carboxylic acids is 1. The Balaban J connectivity index is 1.66. The van der Waals surface area contributed by atoms with Crippen LogP contribution in [0.25, 0.3) is 0 Å². The van der Waals surface area contributed by atoms with Crippen molar-refractivity contribution in [3.8, 4) is 5.75 Å². The average Bonchev–Trinajstić information content (AvgIpc) is 3.23. The maximum Gasteiger partial charge on any atom is 0.410 e. The Morgan fingerprint density at radius 3 is 2.57 bits per heavy atom. The number of carbonyl (C=O) groups is 2. The van der Waals surface area contributed by atoms with Gasteiger partial charge < -0.3 is 34.2 Å². The summed E-state index contributed by atoms with van der Waals surface area (Å²) in [6.07, 6.45) is -1.11. The van der Waals surface area contributed by atoms with E-state index < -0.39 is 39.5 Å². The lowest BCUT2D eigenvalue weighted by Crippen LogP contribution is -2.50. The predicted octanol–water partition coefficient (Wildman–Crippen LogP) is 1.87. The van der Waals surface area contributed by atoms with E-state index in [1.165, 1.54) is 35.0 Å². The number of piperidine rings is 1. The number of nitrogens with zero attached hydrogens (tertiary/aromatic N) is 2. The molecule has 2 amide bonds. The van der Waals surface area contributed by atoms with Crippen molar-refractivity contribution in [3.05, 3.63) is 24.3 Å². The lowest BCUT2D eigenvalue weighted by Gasteiger charge is -2.38. The number of sulfonamides is 1. The van der Waals surface area contributed by atoms with Crippen LogP contribution in [0.4, 0.5) is 9.59 Å². The van der Waals surface area contributed by atoms with Crippen LogP contribution in [0.1, 0.15) is 40.0 Å². The summed E-state index contributed by atoms with van der Waals surface area (Å²) in [5, 5.41) is 20.0. The van der Waals surface area contributed by atoms with E-state index in [0.717, 1.165) is 0 Å². The Hall–Kier alpha value is -2.61. The third kappa shape index (κ3) is 7.69. The summed E-state index contributed by atoms with van der Waals surface area (Å²) in [6, 6.07) is 5.51. The number of amides is 2. The molecule has 1 spiro atoms. The van der Waals surface area contributed by atoms with Crippen molar-refractivity contribution in [1.29, 1.82) is 0 Å². The van der Waals surface area contributed by atoms with E-state index in [0.29, 0.717) is 32.4 Å². The van der Waals surface area contributed by atoms with Gasteiger partial charge in [-0.15, -0.1) is 0 Å². The lowest BCUT2D eigenvalue weighted by molar-refractivity contribution is -0.0407. The van der Waals surface area contributed by atoms with Crippen molar-refractivity contribution < 1.29 is 42.4 Å². The molecule has 3 rings (SSSR count). The van der Waals surface area contributed by atoms with E-state index >= 15 is 0 Å². The minimum atomic E-state index is -3.65. The largest absolute Gasteiger partial charge is 0.491 e. The molecular weight excluding hydrogens is 506 g/mol. The number of nitrogens with one attached hydrogen (secondary N) is 1. The van der Waals surface area contributed by atoms with Crippen molar-refractivity contribution >= 4 is 22.2 Å². The molecule has 0 bridgehead atoms. The van der Waals surface area contributed by atoms with Gasteiger partial charge in [0.05, 0.1) is 29.7 Å². The van der Waals surface area contributed by atoms with Gasteiger partial charge in [-0.25, -0.2) is 22.7 Å². The summed E-state index contributed by atoms with van der Waals surface area (Å²) in [6.45, 7) is 5.93. The van der Waals surface area contributed by atoms with Crippen LogP contribution < -0.4 is 9.46 Å². The first-order valence-electron chi connectivity index (χ1n) is 12.2. The van der Waals surface area contributed by atoms with Gasteiger partial charge in [0, 0.05) is 19.2 Å². The number of aliphatic hydroxyl groups excluding tert-OH is 1. The number of ether oxygens (including phenoxy) is 3. The van der Waals surface area contributed by atoms with Gasteiger partial charge in [0.1, 0.15) is 24.1 Å². The van der Waals surface area contributed by atoms with Crippen LogP contribution >= 0.6 is 0 Å².